The van der Waals surface area contributed by atoms with Gasteiger partial charge in [-0.3, -0.25) is 4.79 Å². The molecule has 1 amide bonds. The van der Waals surface area contributed by atoms with Crippen molar-refractivity contribution in [2.75, 3.05) is 5.32 Å². The van der Waals surface area contributed by atoms with Crippen molar-refractivity contribution in [1.29, 1.82) is 0 Å². The molecule has 0 spiro atoms. The number of carbonyl (C=O) groups is 1. The van der Waals surface area contributed by atoms with Gasteiger partial charge in [0.05, 0.1) is 6.04 Å². The lowest BCUT2D eigenvalue weighted by atomic mass is 9.87. The molecular weight excluding hydrogens is 200 g/mol. The van der Waals surface area contributed by atoms with Crippen LogP contribution in [0.5, 0.6) is 0 Å². The number of nitrogens with two attached hydrogens (primary N) is 1. The van der Waals surface area contributed by atoms with Gasteiger partial charge in [0.25, 0.3) is 0 Å². The fourth-order valence-electron chi connectivity index (χ4n) is 1.32. The van der Waals surface area contributed by atoms with Crippen molar-refractivity contribution in [3.63, 3.8) is 0 Å². The van der Waals surface area contributed by atoms with E-state index in [1.54, 1.807) is 0 Å². The summed E-state index contributed by atoms with van der Waals surface area (Å²) >= 11 is 0. The third kappa shape index (κ3) is 3.07. The smallest absolute Gasteiger partial charge is 0.241 e. The molecule has 1 aromatic carbocycles. The van der Waals surface area contributed by atoms with Gasteiger partial charge in [-0.1, -0.05) is 39.0 Å². The van der Waals surface area contributed by atoms with Crippen LogP contribution in [0.1, 0.15) is 26.3 Å². The Kier molecular flexibility index (Phi) is 3.70. The molecule has 0 aliphatic rings. The number of benzene rings is 1. The van der Waals surface area contributed by atoms with E-state index in [1.807, 2.05) is 52.0 Å². The van der Waals surface area contributed by atoms with Crippen LogP contribution in [-0.4, -0.2) is 11.9 Å². The number of rotatable bonds is 2. The predicted octanol–water partition coefficient (Wildman–Crippen LogP) is 2.31. The average molecular weight is 220 g/mol. The summed E-state index contributed by atoms with van der Waals surface area (Å²) in [5.74, 6) is -0.137. The molecule has 3 nitrogen and oxygen atoms in total. The lowest BCUT2D eigenvalue weighted by Gasteiger charge is -2.26. The Balaban J connectivity index is 2.76. The average Bonchev–Trinajstić information content (AvgIpc) is 2.19. The van der Waals surface area contributed by atoms with Gasteiger partial charge in [0, 0.05) is 5.69 Å². The summed E-state index contributed by atoms with van der Waals surface area (Å²) in [6.07, 6.45) is 0. The minimum absolute atomic E-state index is 0.137. The minimum Gasteiger partial charge on any atom is -0.324 e. The minimum atomic E-state index is -0.507. The molecule has 1 rings (SSSR count). The number of hydrogen-bond donors (Lipinski definition) is 2. The van der Waals surface area contributed by atoms with E-state index in [-0.39, 0.29) is 11.3 Å². The highest BCUT2D eigenvalue weighted by Gasteiger charge is 2.27. The molecule has 1 atom stereocenters. The Morgan fingerprint density at radius 2 is 1.88 bits per heavy atom. The molecule has 3 N–H and O–H groups in total. The maximum Gasteiger partial charge on any atom is 0.241 e. The van der Waals surface area contributed by atoms with Crippen molar-refractivity contribution < 1.29 is 4.79 Å². The summed E-state index contributed by atoms with van der Waals surface area (Å²) in [4.78, 5) is 11.9. The summed E-state index contributed by atoms with van der Waals surface area (Å²) in [6, 6.07) is 7.16. The Labute approximate surface area is 97.0 Å². The molecule has 0 radical (unpaired) electrons. The fourth-order valence-corrected chi connectivity index (χ4v) is 1.32. The van der Waals surface area contributed by atoms with Gasteiger partial charge in [-0.15, -0.1) is 0 Å². The molecule has 16 heavy (non-hydrogen) atoms. The SMILES string of the molecule is Cc1ccccc1NC(=O)C(N)C(C)(C)C. The van der Waals surface area contributed by atoms with E-state index in [4.69, 9.17) is 5.73 Å². The van der Waals surface area contributed by atoms with Crippen LogP contribution in [0.3, 0.4) is 0 Å². The zero-order chi connectivity index (χ0) is 12.3. The molecule has 0 saturated carbocycles. The summed E-state index contributed by atoms with van der Waals surface area (Å²) < 4.78 is 0. The Bertz CT molecular complexity index is 380. The van der Waals surface area contributed by atoms with Crippen LogP contribution in [0.2, 0.25) is 0 Å². The van der Waals surface area contributed by atoms with Crippen molar-refractivity contribution in [1.82, 2.24) is 0 Å². The highest BCUT2D eigenvalue weighted by Crippen LogP contribution is 2.20. The first-order chi connectivity index (χ1) is 7.32. The number of amides is 1. The number of nitrogens with one attached hydrogen (secondary N) is 1. The Morgan fingerprint density at radius 3 is 2.38 bits per heavy atom. The van der Waals surface area contributed by atoms with Gasteiger partial charge in [0.15, 0.2) is 0 Å². The zero-order valence-electron chi connectivity index (χ0n) is 10.4. The van der Waals surface area contributed by atoms with Crippen LogP contribution >= 0.6 is 0 Å². The molecule has 0 aliphatic carbocycles. The van der Waals surface area contributed by atoms with Gasteiger partial charge in [-0.25, -0.2) is 0 Å². The molecule has 0 aliphatic heterocycles. The van der Waals surface area contributed by atoms with E-state index in [1.165, 1.54) is 0 Å². The number of hydrogen-bond acceptors (Lipinski definition) is 2. The second kappa shape index (κ2) is 4.66. The maximum absolute atomic E-state index is 11.9. The van der Waals surface area contributed by atoms with Crippen LogP contribution in [0.25, 0.3) is 0 Å². The Morgan fingerprint density at radius 1 is 1.31 bits per heavy atom. The van der Waals surface area contributed by atoms with Crippen LogP contribution in [0.15, 0.2) is 24.3 Å². The molecular formula is C13H20N2O. The molecule has 1 aromatic rings. The predicted molar refractivity (Wildman–Crippen MR) is 67.2 cm³/mol. The molecule has 88 valence electrons. The fraction of sp³-hybridized carbons (Fsp3) is 0.462. The van der Waals surface area contributed by atoms with Crippen LogP contribution in [0.4, 0.5) is 5.69 Å². The van der Waals surface area contributed by atoms with E-state index in [2.05, 4.69) is 5.32 Å². The van der Waals surface area contributed by atoms with Gasteiger partial charge in [0.1, 0.15) is 0 Å². The van der Waals surface area contributed by atoms with Gasteiger partial charge in [-0.05, 0) is 24.0 Å². The third-order valence-electron chi connectivity index (χ3n) is 2.62. The molecule has 0 bridgehead atoms. The van der Waals surface area contributed by atoms with E-state index in [0.717, 1.165) is 11.3 Å². The quantitative estimate of drug-likeness (QED) is 0.803. The molecule has 1 unspecified atom stereocenters. The molecule has 0 saturated heterocycles. The van der Waals surface area contributed by atoms with E-state index >= 15 is 0 Å². The van der Waals surface area contributed by atoms with Crippen LogP contribution in [0, 0.1) is 12.3 Å². The topological polar surface area (TPSA) is 55.1 Å². The molecule has 0 fully saturated rings. The first-order valence-electron chi connectivity index (χ1n) is 5.44. The Hall–Kier alpha value is -1.35. The van der Waals surface area contributed by atoms with Gasteiger partial charge in [-0.2, -0.15) is 0 Å². The highest BCUT2D eigenvalue weighted by atomic mass is 16.2. The first-order valence-corrected chi connectivity index (χ1v) is 5.44. The maximum atomic E-state index is 11.9. The van der Waals surface area contributed by atoms with Crippen molar-refractivity contribution >= 4 is 11.6 Å². The second-order valence-corrected chi connectivity index (χ2v) is 5.15. The molecule has 0 aromatic heterocycles. The van der Waals surface area contributed by atoms with Crippen LogP contribution in [-0.2, 0) is 4.79 Å². The third-order valence-corrected chi connectivity index (χ3v) is 2.62. The van der Waals surface area contributed by atoms with E-state index < -0.39 is 6.04 Å². The van der Waals surface area contributed by atoms with Gasteiger partial charge in [0.2, 0.25) is 5.91 Å². The summed E-state index contributed by atoms with van der Waals surface area (Å²) in [5.41, 5.74) is 7.52. The molecule has 0 heterocycles. The number of carbonyl (C=O) groups excluding carboxylic acids is 1. The van der Waals surface area contributed by atoms with Crippen molar-refractivity contribution in [3.8, 4) is 0 Å². The lowest BCUT2D eigenvalue weighted by Crippen LogP contribution is -2.45. The summed E-state index contributed by atoms with van der Waals surface area (Å²) in [7, 11) is 0. The zero-order valence-corrected chi connectivity index (χ0v) is 10.4. The summed E-state index contributed by atoms with van der Waals surface area (Å²) in [6.45, 7) is 7.82. The number of para-hydroxylation sites is 1. The van der Waals surface area contributed by atoms with E-state index in [9.17, 15) is 4.79 Å². The van der Waals surface area contributed by atoms with Crippen LogP contribution < -0.4 is 11.1 Å². The van der Waals surface area contributed by atoms with Crippen molar-refractivity contribution in [3.05, 3.63) is 29.8 Å². The van der Waals surface area contributed by atoms with Gasteiger partial charge < -0.3 is 11.1 Å². The van der Waals surface area contributed by atoms with E-state index in [0.29, 0.717) is 0 Å². The normalized spacial score (nSPS) is 13.3. The summed E-state index contributed by atoms with van der Waals surface area (Å²) in [5, 5.41) is 2.85. The van der Waals surface area contributed by atoms with Crippen molar-refractivity contribution in [2.24, 2.45) is 11.1 Å². The standard InChI is InChI=1S/C13H20N2O/c1-9-7-5-6-8-10(9)15-12(16)11(14)13(2,3)4/h5-8,11H,14H2,1-4H3,(H,15,16). The van der Waals surface area contributed by atoms with Gasteiger partial charge >= 0.3 is 0 Å². The highest BCUT2D eigenvalue weighted by molar-refractivity contribution is 5.95. The second-order valence-electron chi connectivity index (χ2n) is 5.15. The first kappa shape index (κ1) is 12.7. The number of anilines is 1. The molecule has 3 heteroatoms. The largest absolute Gasteiger partial charge is 0.324 e. The monoisotopic (exact) mass is 220 g/mol. The number of aryl methyl sites for hydroxylation is 1. The lowest BCUT2D eigenvalue weighted by molar-refractivity contribution is -0.119. The van der Waals surface area contributed by atoms with Crippen molar-refractivity contribution in [2.45, 2.75) is 33.7 Å².